The van der Waals surface area contributed by atoms with Gasteiger partial charge >= 0.3 is 0 Å². The van der Waals surface area contributed by atoms with Gasteiger partial charge in [0, 0.05) is 12.1 Å². The molecule has 0 atom stereocenters. The van der Waals surface area contributed by atoms with E-state index in [1.54, 1.807) is 0 Å². The Bertz CT molecular complexity index is 334. The summed E-state index contributed by atoms with van der Waals surface area (Å²) in [4.78, 5) is 8.43. The highest BCUT2D eigenvalue weighted by Crippen LogP contribution is 2.16. The number of rotatable bonds is 4. The second-order valence-corrected chi connectivity index (χ2v) is 4.24. The van der Waals surface area contributed by atoms with Crippen molar-refractivity contribution in [1.29, 1.82) is 0 Å². The molecule has 0 saturated carbocycles. The van der Waals surface area contributed by atoms with Gasteiger partial charge in [0.1, 0.15) is 17.5 Å². The molecular formula is C11H20N4. The summed E-state index contributed by atoms with van der Waals surface area (Å²) in [7, 11) is 0. The van der Waals surface area contributed by atoms with E-state index in [0.717, 1.165) is 24.3 Å². The van der Waals surface area contributed by atoms with Crippen LogP contribution in [0, 0.1) is 19.8 Å². The first-order chi connectivity index (χ1) is 7.00. The van der Waals surface area contributed by atoms with Crippen molar-refractivity contribution in [2.45, 2.75) is 34.1 Å². The zero-order chi connectivity index (χ0) is 11.4. The van der Waals surface area contributed by atoms with Crippen LogP contribution in [0.4, 0.5) is 11.6 Å². The van der Waals surface area contributed by atoms with Gasteiger partial charge in [0.05, 0.1) is 0 Å². The molecule has 0 radical (unpaired) electrons. The highest BCUT2D eigenvalue weighted by Gasteiger charge is 2.05. The number of hydrogen-bond acceptors (Lipinski definition) is 4. The van der Waals surface area contributed by atoms with Gasteiger partial charge < -0.3 is 11.1 Å². The van der Waals surface area contributed by atoms with E-state index < -0.39 is 0 Å². The van der Waals surface area contributed by atoms with Crippen LogP contribution in [-0.2, 0) is 0 Å². The minimum Gasteiger partial charge on any atom is -0.383 e. The van der Waals surface area contributed by atoms with Crippen molar-refractivity contribution in [3.8, 4) is 0 Å². The smallest absolute Gasteiger partial charge is 0.134 e. The summed E-state index contributed by atoms with van der Waals surface area (Å²) in [6.45, 7) is 9.12. The van der Waals surface area contributed by atoms with Crippen LogP contribution in [0.15, 0.2) is 0 Å². The SMILES string of the molecule is Cc1nc(N)c(C)c(NCCC(C)C)n1. The van der Waals surface area contributed by atoms with E-state index >= 15 is 0 Å². The van der Waals surface area contributed by atoms with Crippen LogP contribution in [0.5, 0.6) is 0 Å². The van der Waals surface area contributed by atoms with E-state index in [1.165, 1.54) is 0 Å². The fourth-order valence-corrected chi connectivity index (χ4v) is 1.30. The molecule has 1 aromatic rings. The molecule has 1 rings (SSSR count). The van der Waals surface area contributed by atoms with E-state index in [9.17, 15) is 0 Å². The third-order valence-electron chi connectivity index (χ3n) is 2.31. The number of nitrogen functional groups attached to an aromatic ring is 1. The van der Waals surface area contributed by atoms with Crippen molar-refractivity contribution in [2.24, 2.45) is 5.92 Å². The van der Waals surface area contributed by atoms with Gasteiger partial charge in [-0.3, -0.25) is 0 Å². The van der Waals surface area contributed by atoms with Gasteiger partial charge in [-0.2, -0.15) is 0 Å². The number of aryl methyl sites for hydroxylation is 1. The van der Waals surface area contributed by atoms with Crippen molar-refractivity contribution < 1.29 is 0 Å². The molecule has 0 aliphatic heterocycles. The molecule has 0 unspecified atom stereocenters. The van der Waals surface area contributed by atoms with Crippen molar-refractivity contribution in [3.05, 3.63) is 11.4 Å². The molecule has 4 nitrogen and oxygen atoms in total. The van der Waals surface area contributed by atoms with Crippen LogP contribution >= 0.6 is 0 Å². The standard InChI is InChI=1S/C11H20N4/c1-7(2)5-6-13-11-8(3)10(12)14-9(4)15-11/h7H,5-6H2,1-4H3,(H3,12,13,14,15). The van der Waals surface area contributed by atoms with Gasteiger partial charge in [0.15, 0.2) is 0 Å². The Morgan fingerprint density at radius 3 is 2.53 bits per heavy atom. The minimum absolute atomic E-state index is 0.564. The summed E-state index contributed by atoms with van der Waals surface area (Å²) in [5.74, 6) is 2.83. The topological polar surface area (TPSA) is 63.8 Å². The molecule has 1 aromatic heterocycles. The van der Waals surface area contributed by atoms with Crippen LogP contribution in [0.3, 0.4) is 0 Å². The number of aromatic nitrogens is 2. The van der Waals surface area contributed by atoms with Gasteiger partial charge in [-0.25, -0.2) is 9.97 Å². The summed E-state index contributed by atoms with van der Waals surface area (Å²) in [5, 5.41) is 3.29. The average Bonchev–Trinajstić information content (AvgIpc) is 2.12. The van der Waals surface area contributed by atoms with E-state index in [-0.39, 0.29) is 0 Å². The molecule has 0 aliphatic carbocycles. The third kappa shape index (κ3) is 3.38. The molecule has 4 heteroatoms. The van der Waals surface area contributed by atoms with Crippen LogP contribution in [0.2, 0.25) is 0 Å². The summed E-state index contributed by atoms with van der Waals surface area (Å²) in [6.07, 6.45) is 1.13. The number of anilines is 2. The van der Waals surface area contributed by atoms with E-state index in [4.69, 9.17) is 5.73 Å². The summed E-state index contributed by atoms with van der Waals surface area (Å²) >= 11 is 0. The van der Waals surface area contributed by atoms with Crippen LogP contribution < -0.4 is 11.1 Å². The van der Waals surface area contributed by atoms with Gasteiger partial charge in [0.2, 0.25) is 0 Å². The second-order valence-electron chi connectivity index (χ2n) is 4.24. The first kappa shape index (κ1) is 11.8. The van der Waals surface area contributed by atoms with Gasteiger partial charge in [-0.15, -0.1) is 0 Å². The Morgan fingerprint density at radius 2 is 1.93 bits per heavy atom. The monoisotopic (exact) mass is 208 g/mol. The third-order valence-corrected chi connectivity index (χ3v) is 2.31. The summed E-state index contributed by atoms with van der Waals surface area (Å²) < 4.78 is 0. The maximum absolute atomic E-state index is 5.76. The molecule has 3 N–H and O–H groups in total. The Hall–Kier alpha value is -1.32. The van der Waals surface area contributed by atoms with E-state index in [1.807, 2.05) is 13.8 Å². The van der Waals surface area contributed by atoms with Crippen molar-refractivity contribution >= 4 is 11.6 Å². The molecule has 15 heavy (non-hydrogen) atoms. The Morgan fingerprint density at radius 1 is 1.27 bits per heavy atom. The highest BCUT2D eigenvalue weighted by molar-refractivity contribution is 5.54. The molecule has 0 aromatic carbocycles. The molecule has 0 amide bonds. The molecule has 0 bridgehead atoms. The zero-order valence-corrected chi connectivity index (χ0v) is 9.96. The largest absolute Gasteiger partial charge is 0.383 e. The fourth-order valence-electron chi connectivity index (χ4n) is 1.30. The van der Waals surface area contributed by atoms with Crippen LogP contribution in [0.25, 0.3) is 0 Å². The molecule has 0 aliphatic rings. The second kappa shape index (κ2) is 4.96. The molecule has 0 fully saturated rings. The highest BCUT2D eigenvalue weighted by atomic mass is 15.0. The van der Waals surface area contributed by atoms with Crippen molar-refractivity contribution in [1.82, 2.24) is 9.97 Å². The van der Waals surface area contributed by atoms with Gasteiger partial charge in [-0.05, 0) is 26.2 Å². The normalized spacial score (nSPS) is 10.7. The van der Waals surface area contributed by atoms with Crippen LogP contribution in [-0.4, -0.2) is 16.5 Å². The lowest BCUT2D eigenvalue weighted by molar-refractivity contribution is 0.606. The Balaban J connectivity index is 2.68. The maximum Gasteiger partial charge on any atom is 0.134 e. The number of nitrogens with one attached hydrogen (secondary N) is 1. The predicted octanol–water partition coefficient (Wildman–Crippen LogP) is 2.13. The predicted molar refractivity (Wildman–Crippen MR) is 63.9 cm³/mol. The summed E-state index contributed by atoms with van der Waals surface area (Å²) in [5.41, 5.74) is 6.70. The number of nitrogens with two attached hydrogens (primary N) is 1. The van der Waals surface area contributed by atoms with E-state index in [0.29, 0.717) is 17.6 Å². The molecular weight excluding hydrogens is 188 g/mol. The lowest BCUT2D eigenvalue weighted by Crippen LogP contribution is -2.10. The quantitative estimate of drug-likeness (QED) is 0.795. The van der Waals surface area contributed by atoms with Crippen molar-refractivity contribution in [2.75, 3.05) is 17.6 Å². The number of nitrogens with zero attached hydrogens (tertiary/aromatic N) is 2. The Kier molecular flexibility index (Phi) is 3.88. The number of hydrogen-bond donors (Lipinski definition) is 2. The zero-order valence-electron chi connectivity index (χ0n) is 9.96. The molecule has 84 valence electrons. The molecule has 1 heterocycles. The van der Waals surface area contributed by atoms with Crippen molar-refractivity contribution in [3.63, 3.8) is 0 Å². The van der Waals surface area contributed by atoms with Crippen LogP contribution in [0.1, 0.15) is 31.7 Å². The van der Waals surface area contributed by atoms with E-state index in [2.05, 4.69) is 29.1 Å². The maximum atomic E-state index is 5.76. The lowest BCUT2D eigenvalue weighted by atomic mass is 10.1. The van der Waals surface area contributed by atoms with Gasteiger partial charge in [0.25, 0.3) is 0 Å². The fraction of sp³-hybridized carbons (Fsp3) is 0.636. The minimum atomic E-state index is 0.564. The first-order valence-electron chi connectivity index (χ1n) is 5.35. The first-order valence-corrected chi connectivity index (χ1v) is 5.35. The average molecular weight is 208 g/mol. The van der Waals surface area contributed by atoms with Gasteiger partial charge in [-0.1, -0.05) is 13.8 Å². The molecule has 0 spiro atoms. The Labute approximate surface area is 91.3 Å². The summed E-state index contributed by atoms with van der Waals surface area (Å²) in [6, 6.07) is 0. The lowest BCUT2D eigenvalue weighted by Gasteiger charge is -2.11. The molecule has 0 saturated heterocycles.